The zero-order valence-corrected chi connectivity index (χ0v) is 15.0. The Hall–Kier alpha value is -2.18. The van der Waals surface area contributed by atoms with Gasteiger partial charge in [-0.15, -0.1) is 0 Å². The van der Waals surface area contributed by atoms with Gasteiger partial charge in [0.25, 0.3) is 0 Å². The lowest BCUT2D eigenvalue weighted by Crippen LogP contribution is -2.39. The van der Waals surface area contributed by atoms with Crippen LogP contribution in [0.5, 0.6) is 0 Å². The molecule has 6 heteroatoms. The van der Waals surface area contributed by atoms with Crippen LogP contribution >= 0.6 is 0 Å². The number of aryl methyl sites for hydroxylation is 1. The maximum Gasteiger partial charge on any atom is 0.237 e. The number of nitrogens with one attached hydrogen (secondary N) is 1. The Morgan fingerprint density at radius 1 is 1.23 bits per heavy atom. The molecule has 0 radical (unpaired) electrons. The maximum atomic E-state index is 13.1. The van der Waals surface area contributed by atoms with E-state index in [1.807, 2.05) is 19.1 Å². The van der Waals surface area contributed by atoms with Crippen LogP contribution in [0.2, 0.25) is 0 Å². The smallest absolute Gasteiger partial charge is 0.237 e. The summed E-state index contributed by atoms with van der Waals surface area (Å²) in [6, 6.07) is 9.96. The number of carbonyl (C=O) groups is 1. The molecule has 0 bridgehead atoms. The average molecular weight is 360 g/mol. The summed E-state index contributed by atoms with van der Waals surface area (Å²) < 4.78 is 24.3. The lowest BCUT2D eigenvalue weighted by atomic mass is 10.2. The fourth-order valence-electron chi connectivity index (χ4n) is 3.06. The van der Waals surface area contributed by atoms with E-state index in [1.165, 1.54) is 12.1 Å². The summed E-state index contributed by atoms with van der Waals surface area (Å²) in [6.07, 6.45) is 2.31. The largest absolute Gasteiger partial charge is 0.464 e. The zero-order valence-electron chi connectivity index (χ0n) is 15.0. The first-order valence-electron chi connectivity index (χ1n) is 9.00. The standard InChI is InChI=1S/C20H25FN2O3/c1-15-4-9-19(26-15)14-23(13-16-5-7-17(21)8-6-16)20(24)12-22-11-18-3-2-10-25-18/h4-9,18,22H,2-3,10-14H2,1H3. The molecule has 5 nitrogen and oxygen atoms in total. The minimum atomic E-state index is -0.286. The molecule has 2 heterocycles. The fourth-order valence-corrected chi connectivity index (χ4v) is 3.06. The number of nitrogens with zero attached hydrogens (tertiary/aromatic N) is 1. The van der Waals surface area contributed by atoms with E-state index in [2.05, 4.69) is 5.32 Å². The van der Waals surface area contributed by atoms with E-state index in [0.717, 1.165) is 36.5 Å². The summed E-state index contributed by atoms with van der Waals surface area (Å²) in [5, 5.41) is 3.19. The molecule has 26 heavy (non-hydrogen) atoms. The highest BCUT2D eigenvalue weighted by Gasteiger charge is 2.19. The molecule has 1 saturated heterocycles. The van der Waals surface area contributed by atoms with Crippen molar-refractivity contribution in [3.63, 3.8) is 0 Å². The fraction of sp³-hybridized carbons (Fsp3) is 0.450. The summed E-state index contributed by atoms with van der Waals surface area (Å²) in [5.74, 6) is 1.23. The Kier molecular flexibility index (Phi) is 6.41. The summed E-state index contributed by atoms with van der Waals surface area (Å²) >= 11 is 0. The van der Waals surface area contributed by atoms with Gasteiger partial charge in [-0.2, -0.15) is 0 Å². The zero-order chi connectivity index (χ0) is 18.4. The Bertz CT molecular complexity index is 708. The molecule has 1 unspecified atom stereocenters. The van der Waals surface area contributed by atoms with E-state index in [-0.39, 0.29) is 24.4 Å². The quantitative estimate of drug-likeness (QED) is 0.786. The Morgan fingerprint density at radius 3 is 2.69 bits per heavy atom. The van der Waals surface area contributed by atoms with E-state index in [4.69, 9.17) is 9.15 Å². The molecule has 1 N–H and O–H groups in total. The number of rotatable bonds is 8. The van der Waals surface area contributed by atoms with Gasteiger partial charge in [-0.1, -0.05) is 12.1 Å². The van der Waals surface area contributed by atoms with E-state index >= 15 is 0 Å². The molecule has 1 fully saturated rings. The van der Waals surface area contributed by atoms with Crippen LogP contribution in [0, 0.1) is 12.7 Å². The third-order valence-electron chi connectivity index (χ3n) is 4.45. The number of hydrogen-bond acceptors (Lipinski definition) is 4. The van der Waals surface area contributed by atoms with Gasteiger partial charge in [-0.25, -0.2) is 4.39 Å². The molecule has 1 aliphatic heterocycles. The molecule has 0 spiro atoms. The van der Waals surface area contributed by atoms with Crippen molar-refractivity contribution in [3.05, 3.63) is 59.3 Å². The summed E-state index contributed by atoms with van der Waals surface area (Å²) in [7, 11) is 0. The predicted molar refractivity (Wildman–Crippen MR) is 95.9 cm³/mol. The third kappa shape index (κ3) is 5.41. The minimum absolute atomic E-state index is 0.0265. The Labute approximate surface area is 153 Å². The normalized spacial score (nSPS) is 16.8. The number of furan rings is 1. The highest BCUT2D eigenvalue weighted by molar-refractivity contribution is 5.78. The van der Waals surface area contributed by atoms with Crippen LogP contribution < -0.4 is 5.32 Å². The van der Waals surface area contributed by atoms with Crippen LogP contribution in [-0.2, 0) is 22.6 Å². The lowest BCUT2D eigenvalue weighted by molar-refractivity contribution is -0.131. The van der Waals surface area contributed by atoms with Gasteiger partial charge in [0.1, 0.15) is 17.3 Å². The van der Waals surface area contributed by atoms with Crippen molar-refractivity contribution in [2.75, 3.05) is 19.7 Å². The molecule has 1 amide bonds. The number of halogens is 1. The molecule has 1 atom stereocenters. The SMILES string of the molecule is Cc1ccc(CN(Cc2ccc(F)cc2)C(=O)CNCC2CCCO2)o1. The summed E-state index contributed by atoms with van der Waals surface area (Å²) in [4.78, 5) is 14.4. The van der Waals surface area contributed by atoms with Crippen LogP contribution in [0.25, 0.3) is 0 Å². The highest BCUT2D eigenvalue weighted by Crippen LogP contribution is 2.14. The van der Waals surface area contributed by atoms with E-state index in [0.29, 0.717) is 19.6 Å². The van der Waals surface area contributed by atoms with Gasteiger partial charge in [0, 0.05) is 19.7 Å². The molecule has 3 rings (SSSR count). The van der Waals surface area contributed by atoms with Crippen molar-refractivity contribution < 1.29 is 18.3 Å². The first-order chi connectivity index (χ1) is 12.6. The Morgan fingerprint density at radius 2 is 2.04 bits per heavy atom. The number of carbonyl (C=O) groups excluding carboxylic acids is 1. The number of amides is 1. The molecular weight excluding hydrogens is 335 g/mol. The van der Waals surface area contributed by atoms with Crippen molar-refractivity contribution in [2.45, 2.75) is 39.0 Å². The predicted octanol–water partition coefficient (Wildman–Crippen LogP) is 3.02. The van der Waals surface area contributed by atoms with Gasteiger partial charge in [0.15, 0.2) is 0 Å². The molecule has 140 valence electrons. The first-order valence-corrected chi connectivity index (χ1v) is 9.00. The van der Waals surface area contributed by atoms with Crippen LogP contribution in [0.4, 0.5) is 4.39 Å². The summed E-state index contributed by atoms with van der Waals surface area (Å²) in [6.45, 7) is 4.37. The Balaban J connectivity index is 1.60. The van der Waals surface area contributed by atoms with Gasteiger partial charge in [0.2, 0.25) is 5.91 Å². The van der Waals surface area contributed by atoms with Gasteiger partial charge in [-0.05, 0) is 49.6 Å². The minimum Gasteiger partial charge on any atom is -0.464 e. The van der Waals surface area contributed by atoms with Crippen LogP contribution in [0.15, 0.2) is 40.8 Å². The molecule has 1 aliphatic rings. The van der Waals surface area contributed by atoms with E-state index in [1.54, 1.807) is 17.0 Å². The maximum absolute atomic E-state index is 13.1. The van der Waals surface area contributed by atoms with Gasteiger partial charge < -0.3 is 19.4 Å². The van der Waals surface area contributed by atoms with Crippen molar-refractivity contribution in [1.29, 1.82) is 0 Å². The van der Waals surface area contributed by atoms with Crippen molar-refractivity contribution >= 4 is 5.91 Å². The van der Waals surface area contributed by atoms with Crippen LogP contribution in [0.3, 0.4) is 0 Å². The van der Waals surface area contributed by atoms with Crippen molar-refractivity contribution in [1.82, 2.24) is 10.2 Å². The highest BCUT2D eigenvalue weighted by atomic mass is 19.1. The van der Waals surface area contributed by atoms with E-state index in [9.17, 15) is 9.18 Å². The van der Waals surface area contributed by atoms with Crippen LogP contribution in [0.1, 0.15) is 29.9 Å². The van der Waals surface area contributed by atoms with Gasteiger partial charge in [-0.3, -0.25) is 4.79 Å². The second kappa shape index (κ2) is 8.96. The topological polar surface area (TPSA) is 54.7 Å². The van der Waals surface area contributed by atoms with Crippen molar-refractivity contribution in [2.24, 2.45) is 0 Å². The monoisotopic (exact) mass is 360 g/mol. The summed E-state index contributed by atoms with van der Waals surface area (Å²) in [5.41, 5.74) is 0.877. The molecular formula is C20H25FN2O3. The molecule has 0 aliphatic carbocycles. The van der Waals surface area contributed by atoms with Crippen molar-refractivity contribution in [3.8, 4) is 0 Å². The average Bonchev–Trinajstić information content (AvgIpc) is 3.28. The molecule has 1 aromatic heterocycles. The molecule has 1 aromatic carbocycles. The number of hydrogen-bond donors (Lipinski definition) is 1. The number of ether oxygens (including phenoxy) is 1. The first kappa shape index (κ1) is 18.6. The number of benzene rings is 1. The van der Waals surface area contributed by atoms with Crippen LogP contribution in [-0.4, -0.2) is 36.6 Å². The second-order valence-electron chi connectivity index (χ2n) is 6.65. The second-order valence-corrected chi connectivity index (χ2v) is 6.65. The molecule has 0 saturated carbocycles. The third-order valence-corrected chi connectivity index (χ3v) is 4.45. The van der Waals surface area contributed by atoms with Gasteiger partial charge >= 0.3 is 0 Å². The van der Waals surface area contributed by atoms with Gasteiger partial charge in [0.05, 0.1) is 19.2 Å². The lowest BCUT2D eigenvalue weighted by Gasteiger charge is -2.22. The van der Waals surface area contributed by atoms with E-state index < -0.39 is 0 Å². The molecule has 2 aromatic rings.